The normalized spacial score (nSPS) is 15.0. The molecule has 0 radical (unpaired) electrons. The molecule has 0 fully saturated rings. The smallest absolute Gasteiger partial charge is 0.283 e. The molecule has 0 aliphatic heterocycles. The third-order valence-corrected chi connectivity index (χ3v) is 6.13. The Morgan fingerprint density at radius 2 is 1.62 bits per heavy atom. The Bertz CT molecular complexity index is 1440. The molecule has 0 N–H and O–H groups in total. The van der Waals surface area contributed by atoms with Crippen molar-refractivity contribution < 1.29 is 27.8 Å². The summed E-state index contributed by atoms with van der Waals surface area (Å²) in [5.41, 5.74) is -0.0421. The lowest BCUT2D eigenvalue weighted by Crippen LogP contribution is -2.43. The van der Waals surface area contributed by atoms with Crippen LogP contribution in [-0.2, 0) is 10.0 Å². The number of hydrogen-bond donors (Lipinski definition) is 0. The molecule has 3 aromatic rings. The Hall–Kier alpha value is -4.18. The first-order valence-electron chi connectivity index (χ1n) is 9.32. The van der Waals surface area contributed by atoms with Gasteiger partial charge in [0.15, 0.2) is 18.1 Å². The summed E-state index contributed by atoms with van der Waals surface area (Å²) in [6.45, 7) is 1.78. The number of aromatic nitrogens is 1. The SMILES string of the molecule is Cc1ccc[n+](C2=C([O-])c3ccccc3C(=O)/C2=N\S(=O)(=O)c2ccc([N+](=O)[O-])cc2)c1. The number of pyridine rings is 1. The molecule has 32 heavy (non-hydrogen) atoms. The van der Waals surface area contributed by atoms with E-state index in [4.69, 9.17) is 0 Å². The molecule has 1 aliphatic rings. The van der Waals surface area contributed by atoms with Gasteiger partial charge < -0.3 is 5.11 Å². The van der Waals surface area contributed by atoms with Crippen LogP contribution in [0, 0.1) is 17.0 Å². The maximum atomic E-state index is 13.3. The first-order chi connectivity index (χ1) is 15.2. The summed E-state index contributed by atoms with van der Waals surface area (Å²) in [5, 5.41) is 24.1. The highest BCUT2D eigenvalue weighted by Gasteiger charge is 2.35. The quantitative estimate of drug-likeness (QED) is 0.339. The average Bonchev–Trinajstić information content (AvgIpc) is 2.77. The van der Waals surface area contributed by atoms with Crippen molar-refractivity contribution in [2.24, 2.45) is 4.40 Å². The summed E-state index contributed by atoms with van der Waals surface area (Å²) in [7, 11) is -4.45. The van der Waals surface area contributed by atoms with E-state index >= 15 is 0 Å². The van der Waals surface area contributed by atoms with E-state index in [2.05, 4.69) is 4.40 Å². The minimum atomic E-state index is -4.45. The van der Waals surface area contributed by atoms with Crippen molar-refractivity contribution in [2.45, 2.75) is 11.8 Å². The largest absolute Gasteiger partial charge is 0.867 e. The zero-order valence-electron chi connectivity index (χ0n) is 16.6. The van der Waals surface area contributed by atoms with Crippen LogP contribution >= 0.6 is 0 Å². The van der Waals surface area contributed by atoms with Crippen LogP contribution in [0.4, 0.5) is 5.69 Å². The van der Waals surface area contributed by atoms with E-state index < -0.39 is 32.2 Å². The van der Waals surface area contributed by atoms with Crippen molar-refractivity contribution in [3.63, 3.8) is 0 Å². The fourth-order valence-electron chi connectivity index (χ4n) is 3.32. The van der Waals surface area contributed by atoms with Gasteiger partial charge in [0.2, 0.25) is 11.5 Å². The number of aryl methyl sites for hydroxylation is 1. The maximum Gasteiger partial charge on any atom is 0.283 e. The van der Waals surface area contributed by atoms with Crippen LogP contribution in [0.5, 0.6) is 0 Å². The van der Waals surface area contributed by atoms with Gasteiger partial charge in [-0.05, 0) is 36.4 Å². The summed E-state index contributed by atoms with van der Waals surface area (Å²) >= 11 is 0. The standard InChI is InChI=1S/C22H15N3O6S/c1-14-5-4-12-24(13-14)20-19(21(26)17-6-2-3-7-18(17)22(20)27)23-32(30,31)16-10-8-15(9-11-16)25(28)29/h2-13H,1H3. The number of ketones is 1. The Kier molecular flexibility index (Phi) is 5.15. The van der Waals surface area contributed by atoms with Gasteiger partial charge in [-0.3, -0.25) is 14.9 Å². The van der Waals surface area contributed by atoms with Gasteiger partial charge in [-0.2, -0.15) is 13.0 Å². The molecule has 0 saturated carbocycles. The van der Waals surface area contributed by atoms with Crippen LogP contribution in [0.25, 0.3) is 11.5 Å². The van der Waals surface area contributed by atoms with Crippen molar-refractivity contribution in [1.82, 2.24) is 0 Å². The lowest BCUT2D eigenvalue weighted by molar-refractivity contribution is -0.578. The number of sulfonamides is 1. The Morgan fingerprint density at radius 1 is 0.969 bits per heavy atom. The first-order valence-corrected chi connectivity index (χ1v) is 10.8. The topological polar surface area (TPSA) is 134 Å². The van der Waals surface area contributed by atoms with Crippen LogP contribution in [0.15, 0.2) is 82.4 Å². The second kappa shape index (κ2) is 7.82. The number of carbonyl (C=O) groups excluding carboxylic acids is 1. The lowest BCUT2D eigenvalue weighted by atomic mass is 9.91. The van der Waals surface area contributed by atoms with Crippen LogP contribution in [0.3, 0.4) is 0 Å². The minimum absolute atomic E-state index is 0.0483. The second-order valence-corrected chi connectivity index (χ2v) is 8.61. The van der Waals surface area contributed by atoms with E-state index in [1.165, 1.54) is 22.9 Å². The van der Waals surface area contributed by atoms with Gasteiger partial charge in [0, 0.05) is 29.3 Å². The zero-order chi connectivity index (χ0) is 23.0. The number of rotatable bonds is 4. The van der Waals surface area contributed by atoms with Crippen molar-refractivity contribution in [3.05, 3.63) is 99.9 Å². The third-order valence-electron chi connectivity index (χ3n) is 4.83. The van der Waals surface area contributed by atoms with Crippen molar-refractivity contribution >= 4 is 38.7 Å². The third kappa shape index (κ3) is 3.67. The van der Waals surface area contributed by atoms with E-state index in [0.29, 0.717) is 0 Å². The summed E-state index contributed by atoms with van der Waals surface area (Å²) in [6.07, 6.45) is 3.11. The van der Waals surface area contributed by atoms with E-state index in [9.17, 15) is 28.4 Å². The fourth-order valence-corrected chi connectivity index (χ4v) is 4.31. The van der Waals surface area contributed by atoms with Gasteiger partial charge in [0.05, 0.1) is 9.82 Å². The van der Waals surface area contributed by atoms with E-state index in [1.54, 1.807) is 37.4 Å². The van der Waals surface area contributed by atoms with Crippen molar-refractivity contribution in [1.29, 1.82) is 0 Å². The number of non-ortho nitro benzene ring substituents is 1. The molecule has 0 spiro atoms. The highest BCUT2D eigenvalue weighted by Crippen LogP contribution is 2.28. The maximum absolute atomic E-state index is 13.3. The average molecular weight is 449 g/mol. The lowest BCUT2D eigenvalue weighted by Gasteiger charge is -2.23. The number of allylic oxidation sites excluding steroid dienone is 1. The number of carbonyl (C=O) groups is 1. The van der Waals surface area contributed by atoms with Crippen LogP contribution < -0.4 is 9.67 Å². The van der Waals surface area contributed by atoms with Crippen LogP contribution in [0.2, 0.25) is 0 Å². The monoisotopic (exact) mass is 449 g/mol. The number of fused-ring (bicyclic) bond motifs is 1. The van der Waals surface area contributed by atoms with E-state index in [1.807, 2.05) is 0 Å². The summed E-state index contributed by atoms with van der Waals surface area (Å²) in [4.78, 5) is 23.0. The highest BCUT2D eigenvalue weighted by atomic mass is 32.2. The number of Topliss-reactive ketones (excluding diaryl/α,β-unsaturated/α-hetero) is 1. The fraction of sp³-hybridized carbons (Fsp3) is 0.0455. The molecule has 0 bridgehead atoms. The number of hydrogen-bond acceptors (Lipinski definition) is 6. The molecule has 1 aromatic heterocycles. The van der Waals surface area contributed by atoms with Gasteiger partial charge in [0.1, 0.15) is 0 Å². The zero-order valence-corrected chi connectivity index (χ0v) is 17.4. The Balaban J connectivity index is 1.94. The molecule has 160 valence electrons. The number of nitrogens with zero attached hydrogens (tertiary/aromatic N) is 3. The van der Waals surface area contributed by atoms with E-state index in [0.717, 1.165) is 29.8 Å². The number of nitro benzene ring substituents is 1. The number of benzene rings is 2. The first kappa shape index (κ1) is 21.1. The predicted molar refractivity (Wildman–Crippen MR) is 113 cm³/mol. The number of nitro groups is 1. The molecule has 0 unspecified atom stereocenters. The van der Waals surface area contributed by atoms with Crippen molar-refractivity contribution in [3.8, 4) is 0 Å². The Morgan fingerprint density at radius 3 is 2.25 bits per heavy atom. The molecule has 1 heterocycles. The minimum Gasteiger partial charge on any atom is -0.867 e. The van der Waals surface area contributed by atoms with Gasteiger partial charge in [-0.1, -0.05) is 24.3 Å². The highest BCUT2D eigenvalue weighted by molar-refractivity contribution is 7.90. The van der Waals surface area contributed by atoms with Crippen molar-refractivity contribution in [2.75, 3.05) is 0 Å². The molecule has 10 heteroatoms. The second-order valence-electron chi connectivity index (χ2n) is 7.01. The van der Waals surface area contributed by atoms with Crippen LogP contribution in [0.1, 0.15) is 21.5 Å². The molecule has 0 amide bonds. The molecule has 0 atom stereocenters. The summed E-state index contributed by atoms with van der Waals surface area (Å²) < 4.78 is 31.0. The molecule has 2 aromatic carbocycles. The van der Waals surface area contributed by atoms with Gasteiger partial charge >= 0.3 is 0 Å². The molecule has 1 aliphatic carbocycles. The predicted octanol–water partition coefficient (Wildman–Crippen LogP) is 1.90. The van der Waals surface area contributed by atoms with Gasteiger partial charge in [-0.15, -0.1) is 4.40 Å². The molecular weight excluding hydrogens is 434 g/mol. The summed E-state index contributed by atoms with van der Waals surface area (Å²) in [5.74, 6) is -1.26. The van der Waals surface area contributed by atoms with Crippen LogP contribution in [-0.4, -0.2) is 24.8 Å². The molecule has 4 rings (SSSR count). The summed E-state index contributed by atoms with van der Waals surface area (Å²) in [6, 6.07) is 13.6. The van der Waals surface area contributed by atoms with Gasteiger partial charge in [0.25, 0.3) is 15.7 Å². The molecular formula is C22H15N3O6S. The Labute approximate surface area is 182 Å². The molecule has 9 nitrogen and oxygen atoms in total. The van der Waals surface area contributed by atoms with E-state index in [-0.39, 0.29) is 27.4 Å². The van der Waals surface area contributed by atoms with Gasteiger partial charge in [-0.25, -0.2) is 0 Å². The molecule has 0 saturated heterocycles.